The van der Waals surface area contributed by atoms with Crippen molar-refractivity contribution in [3.8, 4) is 12.3 Å². The highest BCUT2D eigenvalue weighted by molar-refractivity contribution is 14.1. The van der Waals surface area contributed by atoms with Crippen molar-refractivity contribution >= 4 is 34.2 Å². The lowest BCUT2D eigenvalue weighted by Crippen LogP contribution is -3.00. The molecule has 1 unspecified atom stereocenters. The molecule has 0 N–H and O–H groups in total. The summed E-state index contributed by atoms with van der Waals surface area (Å²) >= 11 is 8.86. The fraction of sp³-hybridized carbons (Fsp3) is 0.529. The van der Waals surface area contributed by atoms with Gasteiger partial charge in [0.25, 0.3) is 0 Å². The lowest BCUT2D eigenvalue weighted by Gasteiger charge is -2.41. The smallest absolute Gasteiger partial charge is 0.144 e. The van der Waals surface area contributed by atoms with Crippen LogP contribution in [0.2, 0.25) is 5.02 Å². The Morgan fingerprint density at radius 2 is 1.81 bits per heavy atom. The molecule has 0 radical (unpaired) electrons. The van der Waals surface area contributed by atoms with Crippen LogP contribution in [0.1, 0.15) is 32.3 Å². The van der Waals surface area contributed by atoms with E-state index in [1.54, 1.807) is 0 Å². The zero-order valence-corrected chi connectivity index (χ0v) is 16.5. The molecule has 1 atom stereocenters. The minimum atomic E-state index is 0. The van der Waals surface area contributed by atoms with Crippen LogP contribution in [-0.4, -0.2) is 28.2 Å². The normalized spacial score (nSPS) is 12.3. The third-order valence-electron chi connectivity index (χ3n) is 3.68. The summed E-state index contributed by atoms with van der Waals surface area (Å²) in [6.07, 6.45) is 8.93. The molecule has 0 heterocycles. The zero-order chi connectivity index (χ0) is 15.0. The Balaban J connectivity index is 0.00000400. The summed E-state index contributed by atoms with van der Waals surface area (Å²) in [5, 5.41) is 0.862. The molecule has 0 saturated carbocycles. The van der Waals surface area contributed by atoms with Gasteiger partial charge in [-0.3, -0.25) is 0 Å². The molecule has 0 bridgehead atoms. The van der Waals surface area contributed by atoms with E-state index in [0.29, 0.717) is 4.05 Å². The highest BCUT2D eigenvalue weighted by atomic mass is 127. The monoisotopic (exact) mass is 439 g/mol. The molecular formula is C17H24Cl2IN. The van der Waals surface area contributed by atoms with E-state index >= 15 is 0 Å². The summed E-state index contributed by atoms with van der Waals surface area (Å²) in [6.45, 7) is 7.54. The number of hydrogen-bond donors (Lipinski definition) is 0. The highest BCUT2D eigenvalue weighted by Gasteiger charge is 2.33. The summed E-state index contributed by atoms with van der Waals surface area (Å²) < 4.78 is 1.46. The van der Waals surface area contributed by atoms with E-state index in [4.69, 9.17) is 18.0 Å². The molecule has 1 aromatic rings. The Kier molecular flexibility index (Phi) is 10.7. The summed E-state index contributed by atoms with van der Waals surface area (Å²) in [5.41, 5.74) is 1.22. The molecule has 21 heavy (non-hydrogen) atoms. The van der Waals surface area contributed by atoms with Gasteiger partial charge in [0.2, 0.25) is 0 Å². The van der Waals surface area contributed by atoms with Gasteiger partial charge in [0.15, 0.2) is 0 Å². The van der Waals surface area contributed by atoms with Crippen LogP contribution in [0, 0.1) is 12.3 Å². The highest BCUT2D eigenvalue weighted by Crippen LogP contribution is 2.27. The fourth-order valence-corrected chi connectivity index (χ4v) is 4.20. The van der Waals surface area contributed by atoms with Crippen LogP contribution < -0.4 is 12.4 Å². The Morgan fingerprint density at radius 1 is 1.24 bits per heavy atom. The predicted molar refractivity (Wildman–Crippen MR) is 97.2 cm³/mol. The maximum atomic E-state index is 6.30. The van der Waals surface area contributed by atoms with E-state index in [2.05, 4.69) is 54.5 Å². The molecule has 1 aromatic carbocycles. The van der Waals surface area contributed by atoms with Gasteiger partial charge in [0.1, 0.15) is 10.6 Å². The number of halogens is 3. The number of rotatable bonds is 8. The minimum Gasteiger partial charge on any atom is -1.00 e. The van der Waals surface area contributed by atoms with E-state index in [9.17, 15) is 0 Å². The number of alkyl halides is 1. The van der Waals surface area contributed by atoms with Crippen LogP contribution in [0.4, 0.5) is 0 Å². The largest absolute Gasteiger partial charge is 1.00 e. The van der Waals surface area contributed by atoms with E-state index in [-0.39, 0.29) is 12.4 Å². The van der Waals surface area contributed by atoms with Gasteiger partial charge in [0, 0.05) is 11.4 Å². The van der Waals surface area contributed by atoms with Crippen molar-refractivity contribution in [2.45, 2.75) is 37.2 Å². The number of benzene rings is 1. The molecule has 0 fully saturated rings. The zero-order valence-electron chi connectivity index (χ0n) is 12.8. The maximum Gasteiger partial charge on any atom is 0.144 e. The van der Waals surface area contributed by atoms with Gasteiger partial charge in [-0.2, -0.15) is 0 Å². The molecule has 0 aliphatic carbocycles. The second-order valence-corrected chi connectivity index (χ2v) is 7.10. The molecule has 0 spiro atoms. The molecule has 1 rings (SSSR count). The average Bonchev–Trinajstić information content (AvgIpc) is 2.42. The topological polar surface area (TPSA) is 0 Å². The second kappa shape index (κ2) is 10.7. The van der Waals surface area contributed by atoms with Crippen LogP contribution in [0.3, 0.4) is 0 Å². The number of quaternary nitrogens is 1. The Bertz CT molecular complexity index is 450. The second-order valence-electron chi connectivity index (χ2n) is 5.26. The van der Waals surface area contributed by atoms with Crippen molar-refractivity contribution in [3.63, 3.8) is 0 Å². The Labute approximate surface area is 154 Å². The number of nitrogens with zero attached hydrogens (tertiary/aromatic N) is 1. The predicted octanol–water partition coefficient (Wildman–Crippen LogP) is 1.92. The fourth-order valence-electron chi connectivity index (χ4n) is 2.76. The van der Waals surface area contributed by atoms with Crippen LogP contribution in [0.5, 0.6) is 0 Å². The maximum absolute atomic E-state index is 6.30. The van der Waals surface area contributed by atoms with Crippen LogP contribution >= 0.6 is 34.2 Å². The van der Waals surface area contributed by atoms with Gasteiger partial charge in [-0.25, -0.2) is 0 Å². The molecule has 118 valence electrons. The van der Waals surface area contributed by atoms with Gasteiger partial charge in [-0.1, -0.05) is 43.6 Å². The van der Waals surface area contributed by atoms with E-state index in [1.165, 1.54) is 5.56 Å². The van der Waals surface area contributed by atoms with Crippen LogP contribution in [0.25, 0.3) is 0 Å². The first kappa shape index (κ1) is 21.0. The Hall–Kier alpha value is 0.0500. The van der Waals surface area contributed by atoms with E-state index in [0.717, 1.165) is 48.4 Å². The molecular weight excluding hydrogens is 416 g/mol. The molecule has 0 aromatic heterocycles. The quantitative estimate of drug-likeness (QED) is 0.191. The molecule has 0 aliphatic rings. The number of hydrogen-bond acceptors (Lipinski definition) is 0. The van der Waals surface area contributed by atoms with E-state index < -0.39 is 0 Å². The van der Waals surface area contributed by atoms with Crippen LogP contribution in [-0.2, 0) is 6.42 Å². The van der Waals surface area contributed by atoms with Crippen molar-refractivity contribution in [3.05, 3.63) is 34.9 Å². The summed E-state index contributed by atoms with van der Waals surface area (Å²) in [5.74, 6) is 2.89. The number of terminal acetylenes is 1. The summed E-state index contributed by atoms with van der Waals surface area (Å²) in [4.78, 5) is 0. The van der Waals surface area contributed by atoms with Crippen molar-refractivity contribution in [1.29, 1.82) is 0 Å². The molecule has 0 aliphatic heterocycles. The van der Waals surface area contributed by atoms with Crippen molar-refractivity contribution in [2.24, 2.45) is 0 Å². The summed E-state index contributed by atoms with van der Waals surface area (Å²) in [6, 6.07) is 8.13. The standard InChI is InChI=1S/C17H24ClIN.ClH/c1-4-11-20(12-5-2,13-6-3)17(19)14-15-9-7-8-10-16(15)18;/h1,7-10,17H,5-6,11-14H2,2-3H3;1H/q+1;/p-1. The third kappa shape index (κ3) is 5.98. The van der Waals surface area contributed by atoms with Gasteiger partial charge in [-0.05, 0) is 53.0 Å². The lowest BCUT2D eigenvalue weighted by atomic mass is 10.1. The van der Waals surface area contributed by atoms with Crippen molar-refractivity contribution in [1.82, 2.24) is 0 Å². The minimum absolute atomic E-state index is 0. The summed E-state index contributed by atoms with van der Waals surface area (Å²) in [7, 11) is 0. The SMILES string of the molecule is C#CC[N+](CCC)(CCC)C(I)Cc1ccccc1Cl.[Cl-]. The van der Waals surface area contributed by atoms with Gasteiger partial charge >= 0.3 is 0 Å². The molecule has 4 heteroatoms. The van der Waals surface area contributed by atoms with Crippen molar-refractivity contribution in [2.75, 3.05) is 19.6 Å². The Morgan fingerprint density at radius 3 is 2.29 bits per heavy atom. The first-order chi connectivity index (χ1) is 9.59. The third-order valence-corrected chi connectivity index (χ3v) is 5.68. The van der Waals surface area contributed by atoms with Crippen LogP contribution in [0.15, 0.2) is 24.3 Å². The molecule has 0 amide bonds. The molecule has 0 saturated heterocycles. The van der Waals surface area contributed by atoms with Gasteiger partial charge in [-0.15, -0.1) is 6.42 Å². The lowest BCUT2D eigenvalue weighted by molar-refractivity contribution is -0.927. The van der Waals surface area contributed by atoms with E-state index in [1.807, 2.05) is 12.1 Å². The van der Waals surface area contributed by atoms with Gasteiger partial charge in [0.05, 0.1) is 13.1 Å². The first-order valence-electron chi connectivity index (χ1n) is 7.26. The van der Waals surface area contributed by atoms with Crippen molar-refractivity contribution < 1.29 is 16.9 Å². The average molecular weight is 440 g/mol. The molecule has 1 nitrogen and oxygen atoms in total. The first-order valence-corrected chi connectivity index (χ1v) is 8.88. The van der Waals surface area contributed by atoms with Gasteiger partial charge < -0.3 is 16.9 Å².